The van der Waals surface area contributed by atoms with Crippen molar-refractivity contribution < 1.29 is 23.3 Å². The van der Waals surface area contributed by atoms with E-state index in [1.54, 1.807) is 0 Å². The summed E-state index contributed by atoms with van der Waals surface area (Å²) in [4.78, 5) is 0. The maximum atomic E-state index is 3.06. The minimum Gasteiger partial charge on any atom is -0.144 e. The predicted octanol–water partition coefficient (Wildman–Crippen LogP) is 12.3. The smallest absolute Gasteiger partial charge is 0.0259 e. The summed E-state index contributed by atoms with van der Waals surface area (Å²) in [5.74, 6) is 0. The molecule has 2 radical (unpaired) electrons. The molecule has 0 heterocycles. The van der Waals surface area contributed by atoms with Crippen LogP contribution in [-0.4, -0.2) is 6.88 Å². The van der Waals surface area contributed by atoms with E-state index in [-0.39, 0.29) is 14.9 Å². The van der Waals surface area contributed by atoms with Gasteiger partial charge in [0.2, 0.25) is 0 Å². The molecule has 2 heteroatoms. The van der Waals surface area contributed by atoms with Gasteiger partial charge < -0.3 is 14.9 Å². The maximum absolute atomic E-state index is 3.06. The Morgan fingerprint density at radius 2 is 0.652 bits per heavy atom. The standard InChI is InChI=1S/2C21H15.2CH3.Si.Zr/c2*1-3-8-16(9-4-1)19-14-18-12-7-13-20(21(18)15-19)17-10-5-2-6-11-17;;;;/h2*1-15H;2*1H3;;/q4*-1;;. The molecule has 8 aromatic carbocycles. The molecular formula is C44H36SiZr-4. The Labute approximate surface area is 291 Å². The van der Waals surface area contributed by atoms with Gasteiger partial charge in [-0.15, -0.1) is 69.1 Å². The number of hydrogen-bond acceptors (Lipinski definition) is 0. The van der Waals surface area contributed by atoms with Gasteiger partial charge in [-0.25, -0.2) is 0 Å². The third-order valence-corrected chi connectivity index (χ3v) is 7.89. The summed E-state index contributed by atoms with van der Waals surface area (Å²) in [6, 6.07) is 64.5. The van der Waals surface area contributed by atoms with Crippen LogP contribution in [-0.2, 0) is 23.3 Å². The zero-order valence-electron chi connectivity index (χ0n) is 26.3. The van der Waals surface area contributed by atoms with Crippen molar-refractivity contribution in [1.29, 1.82) is 0 Å². The normalized spacial score (nSPS) is 9.98. The van der Waals surface area contributed by atoms with Crippen molar-refractivity contribution in [2.75, 3.05) is 0 Å². The van der Waals surface area contributed by atoms with E-state index in [9.17, 15) is 0 Å². The Hall–Kier alpha value is -4.36. The van der Waals surface area contributed by atoms with Gasteiger partial charge in [0.05, 0.1) is 0 Å². The van der Waals surface area contributed by atoms with Gasteiger partial charge in [0, 0.05) is 0 Å². The predicted molar refractivity (Wildman–Crippen MR) is 199 cm³/mol. The number of fused-ring (bicyclic) bond motifs is 2. The van der Waals surface area contributed by atoms with Gasteiger partial charge in [-0.1, -0.05) is 168 Å². The van der Waals surface area contributed by atoms with E-state index in [0.29, 0.717) is 0 Å². The molecule has 0 spiro atoms. The van der Waals surface area contributed by atoms with Crippen molar-refractivity contribution in [2.24, 2.45) is 0 Å². The van der Waals surface area contributed by atoms with E-state index in [0.717, 1.165) is 0 Å². The molecule has 46 heavy (non-hydrogen) atoms. The first-order valence-electron chi connectivity index (χ1n) is 14.7. The van der Waals surface area contributed by atoms with Crippen LogP contribution in [0.3, 0.4) is 0 Å². The monoisotopic (exact) mass is 682 g/mol. The van der Waals surface area contributed by atoms with Crippen molar-refractivity contribution in [1.82, 2.24) is 0 Å². The van der Waals surface area contributed by atoms with E-state index < -0.39 is 0 Å². The van der Waals surface area contributed by atoms with Crippen molar-refractivity contribution in [3.8, 4) is 44.5 Å². The van der Waals surface area contributed by atoms with Crippen LogP contribution in [0.1, 0.15) is 0 Å². The molecule has 0 atom stereocenters. The molecule has 8 rings (SSSR count). The fourth-order valence-electron chi connectivity index (χ4n) is 5.80. The molecule has 0 aromatic heterocycles. The maximum Gasteiger partial charge on any atom is -0.0259 e. The van der Waals surface area contributed by atoms with E-state index in [4.69, 9.17) is 0 Å². The molecule has 0 amide bonds. The summed E-state index contributed by atoms with van der Waals surface area (Å²) in [6.07, 6.45) is 0. The zero-order valence-corrected chi connectivity index (χ0v) is 29.8. The fraction of sp³-hybridized carbons (Fsp3) is 0. The van der Waals surface area contributed by atoms with Crippen molar-refractivity contribution in [3.63, 3.8) is 0 Å². The van der Waals surface area contributed by atoms with Crippen molar-refractivity contribution >= 4 is 28.4 Å². The molecule has 0 unspecified atom stereocenters. The van der Waals surface area contributed by atoms with E-state index >= 15 is 0 Å². The van der Waals surface area contributed by atoms with Gasteiger partial charge >= 0.3 is 30.2 Å². The second kappa shape index (κ2) is 16.8. The third kappa shape index (κ3) is 7.71. The molecule has 8 aromatic rings. The summed E-state index contributed by atoms with van der Waals surface area (Å²) in [7, 11) is 0. The van der Waals surface area contributed by atoms with Gasteiger partial charge in [-0.3, -0.25) is 0 Å². The second-order valence-corrected chi connectivity index (χ2v) is 10.6. The molecule has 0 aliphatic rings. The van der Waals surface area contributed by atoms with Crippen molar-refractivity contribution in [3.05, 3.63) is 197 Å². The molecule has 0 aliphatic carbocycles. The zero-order chi connectivity index (χ0) is 30.1. The van der Waals surface area contributed by atoms with Crippen LogP contribution in [0.15, 0.2) is 182 Å². The Morgan fingerprint density at radius 3 is 0.978 bits per heavy atom. The molecular weight excluding hydrogens is 648 g/mol. The summed E-state index contributed by atoms with van der Waals surface area (Å²) in [5, 5.41) is 5.25. The van der Waals surface area contributed by atoms with Crippen LogP contribution in [0.2, 0.25) is 0 Å². The van der Waals surface area contributed by atoms with Crippen LogP contribution in [0.5, 0.6) is 0 Å². The largest absolute Gasteiger partial charge is 0.144 e. The minimum absolute atomic E-state index is 0. The number of benzene rings is 6. The first-order valence-corrected chi connectivity index (χ1v) is 18.9. The first kappa shape index (κ1) is 34.5. The van der Waals surface area contributed by atoms with E-state index in [2.05, 4.69) is 189 Å². The van der Waals surface area contributed by atoms with Crippen LogP contribution >= 0.6 is 0 Å². The fourth-order valence-corrected chi connectivity index (χ4v) is 5.80. The van der Waals surface area contributed by atoms with Crippen LogP contribution in [0.25, 0.3) is 66.1 Å². The number of hydrogen-bond donors (Lipinski definition) is 0. The topological polar surface area (TPSA) is 0 Å². The van der Waals surface area contributed by atoms with Gasteiger partial charge in [-0.05, 0) is 11.1 Å². The van der Waals surface area contributed by atoms with E-state index in [1.165, 1.54) is 89.4 Å². The van der Waals surface area contributed by atoms with Crippen LogP contribution in [0, 0.1) is 14.9 Å². The summed E-state index contributed by atoms with van der Waals surface area (Å²) < 4.78 is 0. The van der Waals surface area contributed by atoms with Gasteiger partial charge in [0.1, 0.15) is 0 Å². The second-order valence-electron chi connectivity index (χ2n) is 10.6. The molecule has 0 fully saturated rings. The van der Waals surface area contributed by atoms with Crippen LogP contribution in [0.4, 0.5) is 0 Å². The van der Waals surface area contributed by atoms with Crippen LogP contribution < -0.4 is 0 Å². The average molecular weight is 684 g/mol. The molecule has 224 valence electrons. The molecule has 0 bridgehead atoms. The molecule has 0 aliphatic heterocycles. The molecule has 0 N–H and O–H groups in total. The molecule has 0 nitrogen and oxygen atoms in total. The Bertz CT molecular complexity index is 1920. The SMILES string of the molecule is [CH3-].[CH3-].[Si]=[Zr].c1ccc(-c2cc3c(-c4ccccc4)cccc3[cH-]2)cc1.c1ccc(-c2cc3c(-c4ccccc4)cccc3[cH-]2)cc1. The minimum atomic E-state index is 0. The Kier molecular flexibility index (Phi) is 12.6. The summed E-state index contributed by atoms with van der Waals surface area (Å²) in [5.41, 5.74) is 10.3. The Balaban J connectivity index is 0.000000190. The molecule has 0 saturated heterocycles. The van der Waals surface area contributed by atoms with Crippen molar-refractivity contribution in [2.45, 2.75) is 0 Å². The van der Waals surface area contributed by atoms with Gasteiger partial charge in [0.25, 0.3) is 0 Å². The number of rotatable bonds is 4. The first-order chi connectivity index (χ1) is 21.8. The molecule has 0 saturated carbocycles. The van der Waals surface area contributed by atoms with Gasteiger partial charge in [0.15, 0.2) is 0 Å². The summed E-state index contributed by atoms with van der Waals surface area (Å²) in [6.45, 7) is 3.06. The summed E-state index contributed by atoms with van der Waals surface area (Å²) >= 11 is 1.36. The Morgan fingerprint density at radius 1 is 0.348 bits per heavy atom. The third-order valence-electron chi connectivity index (χ3n) is 7.89. The quantitative estimate of drug-likeness (QED) is 0.128. The average Bonchev–Trinajstić information content (AvgIpc) is 3.76. The van der Waals surface area contributed by atoms with Gasteiger partial charge in [-0.2, -0.15) is 0 Å². The van der Waals surface area contributed by atoms with E-state index in [1.807, 2.05) is 0 Å².